The fraction of sp³-hybridized carbons (Fsp3) is 1.00. The smallest absolute Gasteiger partial charge is 0.0227 e. The van der Waals surface area contributed by atoms with Crippen molar-refractivity contribution in [1.82, 2.24) is 0 Å². The van der Waals surface area contributed by atoms with Crippen molar-refractivity contribution < 1.29 is 0 Å². The van der Waals surface area contributed by atoms with Crippen LogP contribution in [0.25, 0.3) is 0 Å². The van der Waals surface area contributed by atoms with Gasteiger partial charge in [-0.3, -0.25) is 0 Å². The van der Waals surface area contributed by atoms with Crippen LogP contribution in [0.4, 0.5) is 0 Å². The van der Waals surface area contributed by atoms with E-state index in [2.05, 4.69) is 13.8 Å². The number of rotatable bonds is 2. The number of hydrogen-bond donors (Lipinski definition) is 0. The third-order valence-corrected chi connectivity index (χ3v) is 6.83. The van der Waals surface area contributed by atoms with Crippen molar-refractivity contribution in [1.29, 1.82) is 0 Å². The normalized spacial score (nSPS) is 64.4. The Morgan fingerprint density at radius 1 is 1.00 bits per heavy atom. The SMILES string of the molecule is CCC1CC2C(C1)C1C(CC)CC13CC23. The maximum atomic E-state index is 2.43. The van der Waals surface area contributed by atoms with Crippen LogP contribution in [0.5, 0.6) is 0 Å². The summed E-state index contributed by atoms with van der Waals surface area (Å²) in [6, 6.07) is 0. The van der Waals surface area contributed by atoms with Gasteiger partial charge in [-0.05, 0) is 66.6 Å². The molecule has 0 heteroatoms. The van der Waals surface area contributed by atoms with E-state index >= 15 is 0 Å². The van der Waals surface area contributed by atoms with Gasteiger partial charge in [0.2, 0.25) is 0 Å². The summed E-state index contributed by atoms with van der Waals surface area (Å²) in [5.74, 6) is 7.04. The molecule has 4 rings (SSSR count). The first kappa shape index (κ1) is 9.07. The topological polar surface area (TPSA) is 0 Å². The molecule has 15 heavy (non-hydrogen) atoms. The Hall–Kier alpha value is 0. The lowest BCUT2D eigenvalue weighted by molar-refractivity contribution is 0.0176. The maximum absolute atomic E-state index is 2.43. The Kier molecular flexibility index (Phi) is 1.59. The largest absolute Gasteiger partial charge is 0.0651 e. The molecule has 0 bridgehead atoms. The Morgan fingerprint density at radius 3 is 2.53 bits per heavy atom. The van der Waals surface area contributed by atoms with Gasteiger partial charge >= 0.3 is 0 Å². The van der Waals surface area contributed by atoms with Crippen LogP contribution in [0.2, 0.25) is 0 Å². The standard InChI is InChI=1S/C15H24/c1-3-9-5-11-12(6-9)14-10(4-2)7-15(14)8-13(11)15/h9-14H,3-8H2,1-2H3. The zero-order valence-electron chi connectivity index (χ0n) is 10.2. The molecule has 4 aliphatic rings. The summed E-state index contributed by atoms with van der Waals surface area (Å²) < 4.78 is 0. The van der Waals surface area contributed by atoms with Gasteiger partial charge < -0.3 is 0 Å². The Balaban J connectivity index is 1.60. The lowest BCUT2D eigenvalue weighted by Gasteiger charge is -2.47. The van der Waals surface area contributed by atoms with Crippen molar-refractivity contribution in [3.8, 4) is 0 Å². The third-order valence-electron chi connectivity index (χ3n) is 6.83. The van der Waals surface area contributed by atoms with Crippen molar-refractivity contribution in [3.63, 3.8) is 0 Å². The van der Waals surface area contributed by atoms with E-state index in [-0.39, 0.29) is 0 Å². The van der Waals surface area contributed by atoms with Crippen LogP contribution in [-0.2, 0) is 0 Å². The predicted octanol–water partition coefficient (Wildman–Crippen LogP) is 4.10. The van der Waals surface area contributed by atoms with Gasteiger partial charge in [-0.25, -0.2) is 0 Å². The highest BCUT2D eigenvalue weighted by Crippen LogP contribution is 2.84. The molecule has 0 aliphatic heterocycles. The molecule has 0 heterocycles. The summed E-state index contributed by atoms with van der Waals surface area (Å²) in [5.41, 5.74) is 0.953. The second-order valence-corrected chi connectivity index (χ2v) is 7.02. The average Bonchev–Trinajstić information content (AvgIpc) is 2.78. The van der Waals surface area contributed by atoms with Gasteiger partial charge in [0, 0.05) is 0 Å². The molecule has 7 unspecified atom stereocenters. The maximum Gasteiger partial charge on any atom is -0.0227 e. The second-order valence-electron chi connectivity index (χ2n) is 7.02. The minimum Gasteiger partial charge on any atom is -0.0651 e. The summed E-state index contributed by atoms with van der Waals surface area (Å²) in [4.78, 5) is 0. The van der Waals surface area contributed by atoms with Gasteiger partial charge in [-0.1, -0.05) is 26.7 Å². The first-order valence-electron chi connectivity index (χ1n) is 7.30. The van der Waals surface area contributed by atoms with Gasteiger partial charge in [0.1, 0.15) is 0 Å². The highest BCUT2D eigenvalue weighted by molar-refractivity contribution is 5.25. The van der Waals surface area contributed by atoms with Crippen molar-refractivity contribution in [3.05, 3.63) is 0 Å². The van der Waals surface area contributed by atoms with Gasteiger partial charge in [0.05, 0.1) is 0 Å². The molecule has 0 aromatic carbocycles. The number of hydrogen-bond acceptors (Lipinski definition) is 0. The Morgan fingerprint density at radius 2 is 1.80 bits per heavy atom. The second kappa shape index (κ2) is 2.63. The van der Waals surface area contributed by atoms with E-state index in [1.165, 1.54) is 36.5 Å². The quantitative estimate of drug-likeness (QED) is 0.635. The zero-order valence-corrected chi connectivity index (χ0v) is 10.2. The van der Waals surface area contributed by atoms with Crippen molar-refractivity contribution >= 4 is 0 Å². The molecule has 0 amide bonds. The van der Waals surface area contributed by atoms with Crippen LogP contribution < -0.4 is 0 Å². The van der Waals surface area contributed by atoms with Crippen LogP contribution in [-0.4, -0.2) is 0 Å². The van der Waals surface area contributed by atoms with Crippen LogP contribution in [0.3, 0.4) is 0 Å². The first-order valence-corrected chi connectivity index (χ1v) is 7.30. The molecule has 0 aromatic heterocycles. The van der Waals surface area contributed by atoms with E-state index in [1.807, 2.05) is 0 Å². The highest BCUT2D eigenvalue weighted by atomic mass is 14.8. The van der Waals surface area contributed by atoms with Crippen molar-refractivity contribution in [2.75, 3.05) is 0 Å². The minimum atomic E-state index is 0.953. The monoisotopic (exact) mass is 204 g/mol. The van der Waals surface area contributed by atoms with E-state index in [1.54, 1.807) is 25.7 Å². The van der Waals surface area contributed by atoms with Crippen LogP contribution in [0, 0.1) is 40.9 Å². The third kappa shape index (κ3) is 0.875. The summed E-state index contributed by atoms with van der Waals surface area (Å²) in [5, 5.41) is 0. The van der Waals surface area contributed by atoms with E-state index < -0.39 is 0 Å². The highest BCUT2D eigenvalue weighted by Gasteiger charge is 2.77. The zero-order chi connectivity index (χ0) is 10.2. The first-order chi connectivity index (χ1) is 7.30. The number of fused-ring (bicyclic) bond motifs is 3. The predicted molar refractivity (Wildman–Crippen MR) is 62.4 cm³/mol. The minimum absolute atomic E-state index is 0.953. The molecule has 84 valence electrons. The molecule has 1 spiro atoms. The summed E-state index contributed by atoms with van der Waals surface area (Å²) >= 11 is 0. The lowest BCUT2D eigenvalue weighted by Crippen LogP contribution is -2.40. The van der Waals surface area contributed by atoms with E-state index in [4.69, 9.17) is 0 Å². The summed E-state index contributed by atoms with van der Waals surface area (Å²) in [6.07, 6.45) is 9.42. The van der Waals surface area contributed by atoms with Crippen LogP contribution >= 0.6 is 0 Å². The molecule has 0 N–H and O–H groups in total. The van der Waals surface area contributed by atoms with Gasteiger partial charge in [-0.2, -0.15) is 0 Å². The molecular weight excluding hydrogens is 180 g/mol. The van der Waals surface area contributed by atoms with E-state index in [0.29, 0.717) is 0 Å². The molecule has 7 atom stereocenters. The molecule has 4 saturated carbocycles. The molecule has 4 aliphatic carbocycles. The molecule has 4 fully saturated rings. The van der Waals surface area contributed by atoms with Gasteiger partial charge in [0.15, 0.2) is 0 Å². The molecule has 0 nitrogen and oxygen atoms in total. The lowest BCUT2D eigenvalue weighted by atomic mass is 9.58. The van der Waals surface area contributed by atoms with Gasteiger partial charge in [-0.15, -0.1) is 0 Å². The Labute approximate surface area is 93.8 Å². The van der Waals surface area contributed by atoms with Crippen molar-refractivity contribution in [2.24, 2.45) is 40.9 Å². The summed E-state index contributed by atoms with van der Waals surface area (Å²) in [6.45, 7) is 4.83. The van der Waals surface area contributed by atoms with E-state index in [9.17, 15) is 0 Å². The molecule has 0 radical (unpaired) electrons. The fourth-order valence-corrected chi connectivity index (χ4v) is 6.21. The van der Waals surface area contributed by atoms with Crippen molar-refractivity contribution in [2.45, 2.75) is 52.4 Å². The summed E-state index contributed by atoms with van der Waals surface area (Å²) in [7, 11) is 0. The fourth-order valence-electron chi connectivity index (χ4n) is 6.21. The molecule has 0 aromatic rings. The molecular formula is C15H24. The molecule has 0 saturated heterocycles. The average molecular weight is 204 g/mol. The van der Waals surface area contributed by atoms with Gasteiger partial charge in [0.25, 0.3) is 0 Å². The Bertz CT molecular complexity index is 294. The van der Waals surface area contributed by atoms with Crippen LogP contribution in [0.1, 0.15) is 52.4 Å². The van der Waals surface area contributed by atoms with E-state index in [0.717, 1.165) is 17.3 Å². The van der Waals surface area contributed by atoms with Crippen LogP contribution in [0.15, 0.2) is 0 Å².